The lowest BCUT2D eigenvalue weighted by atomic mass is 10.2. The predicted molar refractivity (Wildman–Crippen MR) is 114 cm³/mol. The van der Waals surface area contributed by atoms with Crippen LogP contribution in [0.3, 0.4) is 0 Å². The molecule has 2 atom stereocenters. The number of para-hydroxylation sites is 3. The maximum atomic E-state index is 12.4. The molecule has 4 rings (SSSR count). The van der Waals surface area contributed by atoms with E-state index in [1.54, 1.807) is 25.3 Å². The quantitative estimate of drug-likeness (QED) is 0.717. The summed E-state index contributed by atoms with van der Waals surface area (Å²) >= 11 is 1.32. The molecular formula is C20H20N2O5S2. The van der Waals surface area contributed by atoms with E-state index in [1.807, 2.05) is 41.3 Å². The van der Waals surface area contributed by atoms with Crippen LogP contribution in [0.5, 0.6) is 11.5 Å². The first kappa shape index (κ1) is 19.8. The number of hydrogen-bond acceptors (Lipinski definition) is 6. The summed E-state index contributed by atoms with van der Waals surface area (Å²) in [6.45, 7) is -0.193. The van der Waals surface area contributed by atoms with Gasteiger partial charge in [0.2, 0.25) is 0 Å². The average molecular weight is 433 g/mol. The van der Waals surface area contributed by atoms with Gasteiger partial charge in [0.05, 0.1) is 30.3 Å². The van der Waals surface area contributed by atoms with Crippen LogP contribution in [0.25, 0.3) is 0 Å². The fourth-order valence-electron chi connectivity index (χ4n) is 3.48. The minimum atomic E-state index is -3.13. The first-order valence-electron chi connectivity index (χ1n) is 9.05. The second-order valence-corrected chi connectivity index (χ2v) is 10.1. The van der Waals surface area contributed by atoms with Gasteiger partial charge in [0.25, 0.3) is 5.91 Å². The molecule has 2 aromatic rings. The van der Waals surface area contributed by atoms with E-state index in [2.05, 4.69) is 4.99 Å². The maximum Gasteiger partial charge on any atom is 0.285 e. The molecule has 0 bridgehead atoms. The third-order valence-corrected chi connectivity index (χ3v) is 7.95. The Morgan fingerprint density at radius 3 is 2.62 bits per heavy atom. The first-order valence-corrected chi connectivity index (χ1v) is 11.8. The first-order chi connectivity index (χ1) is 14.0. The van der Waals surface area contributed by atoms with Crippen molar-refractivity contribution >= 4 is 38.4 Å². The van der Waals surface area contributed by atoms with E-state index in [4.69, 9.17) is 9.47 Å². The van der Waals surface area contributed by atoms with Gasteiger partial charge in [0.1, 0.15) is 11.5 Å². The van der Waals surface area contributed by atoms with E-state index in [9.17, 15) is 13.2 Å². The van der Waals surface area contributed by atoms with Gasteiger partial charge in [-0.05, 0) is 24.3 Å². The molecule has 1 amide bonds. The van der Waals surface area contributed by atoms with Crippen molar-refractivity contribution in [2.45, 2.75) is 11.3 Å². The van der Waals surface area contributed by atoms with Gasteiger partial charge < -0.3 is 14.4 Å². The van der Waals surface area contributed by atoms with E-state index in [-0.39, 0.29) is 29.4 Å². The number of carbonyl (C=O) groups excluding carboxylic acids is 1. The van der Waals surface area contributed by atoms with Crippen molar-refractivity contribution in [2.24, 2.45) is 4.99 Å². The number of methoxy groups -OCH3 is 1. The Morgan fingerprint density at radius 2 is 1.86 bits per heavy atom. The smallest absolute Gasteiger partial charge is 0.285 e. The number of hydrogen-bond donors (Lipinski definition) is 0. The van der Waals surface area contributed by atoms with Crippen molar-refractivity contribution in [2.75, 3.05) is 30.1 Å². The fraction of sp³-hybridized carbons (Fsp3) is 0.300. The molecule has 2 aliphatic rings. The molecule has 2 fully saturated rings. The molecular weight excluding hydrogens is 412 g/mol. The zero-order chi connectivity index (χ0) is 20.4. The molecule has 0 aromatic heterocycles. The number of aliphatic imine (C=N–C) groups is 1. The number of ether oxygens (including phenoxy) is 2. The summed E-state index contributed by atoms with van der Waals surface area (Å²) in [7, 11) is -1.58. The highest BCUT2D eigenvalue weighted by Gasteiger charge is 2.50. The summed E-state index contributed by atoms with van der Waals surface area (Å²) < 4.78 is 35.3. The van der Waals surface area contributed by atoms with Gasteiger partial charge in [-0.1, -0.05) is 42.1 Å². The van der Waals surface area contributed by atoms with Crippen LogP contribution >= 0.6 is 11.8 Å². The van der Waals surface area contributed by atoms with Crippen molar-refractivity contribution in [1.29, 1.82) is 0 Å². The van der Waals surface area contributed by atoms with Crippen LogP contribution in [0.1, 0.15) is 0 Å². The summed E-state index contributed by atoms with van der Waals surface area (Å²) in [5.41, 5.74) is 0.697. The van der Waals surface area contributed by atoms with Crippen LogP contribution in [-0.2, 0) is 14.6 Å². The monoisotopic (exact) mass is 432 g/mol. The standard InChI is InChI=1S/C20H20N2O5S2/c1-26-17-10-6-5-9-15(17)22-16-12-29(24,25)13-18(16)28-20(22)21-19(23)11-27-14-7-3-2-4-8-14/h2-10,16,18H,11-13H2,1H3/t16-,18-/m1/s1. The predicted octanol–water partition coefficient (Wildman–Crippen LogP) is 2.38. The minimum Gasteiger partial charge on any atom is -0.495 e. The number of carbonyl (C=O) groups is 1. The fourth-order valence-corrected chi connectivity index (χ4v) is 7.40. The molecule has 0 N–H and O–H groups in total. The molecule has 2 aliphatic heterocycles. The molecule has 29 heavy (non-hydrogen) atoms. The highest BCUT2D eigenvalue weighted by molar-refractivity contribution is 8.16. The minimum absolute atomic E-state index is 0.0242. The van der Waals surface area contributed by atoms with Crippen LogP contribution in [0.2, 0.25) is 0 Å². The van der Waals surface area contributed by atoms with Crippen molar-refractivity contribution in [3.05, 3.63) is 54.6 Å². The van der Waals surface area contributed by atoms with E-state index < -0.39 is 15.7 Å². The molecule has 9 heteroatoms. The van der Waals surface area contributed by atoms with Crippen molar-refractivity contribution < 1.29 is 22.7 Å². The number of anilines is 1. The van der Waals surface area contributed by atoms with E-state index in [0.717, 1.165) is 0 Å². The Bertz CT molecular complexity index is 1040. The zero-order valence-electron chi connectivity index (χ0n) is 15.7. The number of amides is 1. The van der Waals surface area contributed by atoms with Crippen molar-refractivity contribution in [1.82, 2.24) is 0 Å². The highest BCUT2D eigenvalue weighted by atomic mass is 32.2. The molecule has 152 valence electrons. The number of rotatable bonds is 5. The highest BCUT2D eigenvalue weighted by Crippen LogP contribution is 2.43. The SMILES string of the molecule is COc1ccccc1N1C(=NC(=O)COc2ccccc2)S[C@@H]2CS(=O)(=O)C[C@H]21. The van der Waals surface area contributed by atoms with Crippen LogP contribution in [-0.4, -0.2) is 56.0 Å². The molecule has 7 nitrogen and oxygen atoms in total. The second-order valence-electron chi connectivity index (χ2n) is 6.73. The van der Waals surface area contributed by atoms with E-state index >= 15 is 0 Å². The number of thioether (sulfide) groups is 1. The van der Waals surface area contributed by atoms with Gasteiger partial charge >= 0.3 is 0 Å². The Hall–Kier alpha value is -2.52. The topological polar surface area (TPSA) is 85.3 Å². The Morgan fingerprint density at radius 1 is 1.14 bits per heavy atom. The van der Waals surface area contributed by atoms with Gasteiger partial charge in [-0.2, -0.15) is 4.99 Å². The number of fused-ring (bicyclic) bond motifs is 1. The molecule has 0 aliphatic carbocycles. The molecule has 0 saturated carbocycles. The molecule has 2 saturated heterocycles. The summed E-state index contributed by atoms with van der Waals surface area (Å²) in [6, 6.07) is 16.1. The average Bonchev–Trinajstić information content (AvgIpc) is 3.17. The number of nitrogens with zero attached hydrogens (tertiary/aromatic N) is 2. The summed E-state index contributed by atoms with van der Waals surface area (Å²) in [4.78, 5) is 18.5. The lowest BCUT2D eigenvalue weighted by Gasteiger charge is -2.26. The van der Waals surface area contributed by atoms with Crippen LogP contribution in [0.15, 0.2) is 59.6 Å². The van der Waals surface area contributed by atoms with Crippen molar-refractivity contribution in [3.8, 4) is 11.5 Å². The van der Waals surface area contributed by atoms with Crippen LogP contribution in [0, 0.1) is 0 Å². The maximum absolute atomic E-state index is 12.4. The lowest BCUT2D eigenvalue weighted by Crippen LogP contribution is -2.38. The van der Waals surface area contributed by atoms with Gasteiger partial charge in [0, 0.05) is 5.25 Å². The molecule has 2 heterocycles. The molecule has 2 aromatic carbocycles. The van der Waals surface area contributed by atoms with E-state index in [0.29, 0.717) is 22.4 Å². The Balaban J connectivity index is 1.61. The zero-order valence-corrected chi connectivity index (χ0v) is 17.4. The lowest BCUT2D eigenvalue weighted by molar-refractivity contribution is -0.119. The summed E-state index contributed by atoms with van der Waals surface area (Å²) in [6.07, 6.45) is 0. The summed E-state index contributed by atoms with van der Waals surface area (Å²) in [5, 5.41) is 0.299. The number of sulfone groups is 1. The number of amidine groups is 1. The largest absolute Gasteiger partial charge is 0.495 e. The normalized spacial score (nSPS) is 23.8. The van der Waals surface area contributed by atoms with Gasteiger partial charge in [-0.15, -0.1) is 0 Å². The van der Waals surface area contributed by atoms with E-state index in [1.165, 1.54) is 11.8 Å². The van der Waals surface area contributed by atoms with Crippen LogP contribution < -0.4 is 14.4 Å². The van der Waals surface area contributed by atoms with Gasteiger partial charge in [-0.3, -0.25) is 4.79 Å². The Labute approximate surface area is 173 Å². The van der Waals surface area contributed by atoms with Crippen molar-refractivity contribution in [3.63, 3.8) is 0 Å². The molecule has 0 spiro atoms. The summed E-state index contributed by atoms with van der Waals surface area (Å²) in [5.74, 6) is 0.848. The van der Waals surface area contributed by atoms with Crippen LogP contribution in [0.4, 0.5) is 5.69 Å². The van der Waals surface area contributed by atoms with Gasteiger partial charge in [-0.25, -0.2) is 8.42 Å². The Kier molecular flexibility index (Phi) is 5.51. The third-order valence-electron chi connectivity index (χ3n) is 4.74. The number of benzene rings is 2. The van der Waals surface area contributed by atoms with Gasteiger partial charge in [0.15, 0.2) is 21.6 Å². The second kappa shape index (κ2) is 8.08. The molecule has 0 unspecified atom stereocenters. The molecule has 0 radical (unpaired) electrons. The third kappa shape index (κ3) is 4.25.